The predicted octanol–water partition coefficient (Wildman–Crippen LogP) is 1.91. The van der Waals surface area contributed by atoms with E-state index >= 15 is 0 Å². The highest BCUT2D eigenvalue weighted by Gasteiger charge is 2.23. The van der Waals surface area contributed by atoms with Crippen LogP contribution in [0.2, 0.25) is 0 Å². The molecule has 1 aliphatic heterocycles. The molecule has 1 fully saturated rings. The van der Waals surface area contributed by atoms with Crippen molar-refractivity contribution in [2.75, 3.05) is 13.1 Å². The highest BCUT2D eigenvalue weighted by molar-refractivity contribution is 4.99. The molecule has 2 rings (SSSR count). The third kappa shape index (κ3) is 2.82. The summed E-state index contributed by atoms with van der Waals surface area (Å²) in [7, 11) is 0. The third-order valence-corrected chi connectivity index (χ3v) is 2.98. The van der Waals surface area contributed by atoms with Gasteiger partial charge in [0.05, 0.1) is 0 Å². The molecule has 0 radical (unpaired) electrons. The molecule has 1 aromatic rings. The van der Waals surface area contributed by atoms with Gasteiger partial charge >= 0.3 is 0 Å². The molecule has 0 aliphatic carbocycles. The highest BCUT2D eigenvalue weighted by Crippen LogP contribution is 2.21. The van der Waals surface area contributed by atoms with Crippen LogP contribution < -0.4 is 5.32 Å². The first-order valence-electron chi connectivity index (χ1n) is 6.09. The molecule has 90 valence electrons. The number of nitrogens with one attached hydrogen (secondary N) is 1. The van der Waals surface area contributed by atoms with Gasteiger partial charge in [0.1, 0.15) is 0 Å². The van der Waals surface area contributed by atoms with Gasteiger partial charge in [-0.3, -0.25) is 0 Å². The minimum Gasteiger partial charge on any atom is -0.339 e. The molecular weight excluding hydrogens is 202 g/mol. The molecule has 0 aromatic carbocycles. The van der Waals surface area contributed by atoms with E-state index in [1.54, 1.807) is 0 Å². The van der Waals surface area contributed by atoms with Crippen molar-refractivity contribution >= 4 is 0 Å². The Kier molecular flexibility index (Phi) is 3.28. The second-order valence-electron chi connectivity index (χ2n) is 5.68. The van der Waals surface area contributed by atoms with E-state index in [1.807, 2.05) is 0 Å². The summed E-state index contributed by atoms with van der Waals surface area (Å²) in [5, 5.41) is 7.47. The first-order chi connectivity index (χ1) is 7.55. The molecule has 0 bridgehead atoms. The van der Waals surface area contributed by atoms with Gasteiger partial charge in [-0.15, -0.1) is 0 Å². The minimum atomic E-state index is -0.0456. The lowest BCUT2D eigenvalue weighted by Crippen LogP contribution is -2.31. The van der Waals surface area contributed by atoms with E-state index in [0.717, 1.165) is 31.2 Å². The van der Waals surface area contributed by atoms with Crippen molar-refractivity contribution in [3.05, 3.63) is 11.7 Å². The van der Waals surface area contributed by atoms with Crippen molar-refractivity contribution in [3.63, 3.8) is 0 Å². The zero-order valence-corrected chi connectivity index (χ0v) is 10.4. The van der Waals surface area contributed by atoms with Crippen LogP contribution in [0.3, 0.4) is 0 Å². The number of piperidine rings is 1. The maximum absolute atomic E-state index is 5.29. The molecule has 1 N–H and O–H groups in total. The molecule has 1 aromatic heterocycles. The Hall–Kier alpha value is -0.900. The van der Waals surface area contributed by atoms with Crippen LogP contribution in [-0.4, -0.2) is 23.2 Å². The molecule has 1 unspecified atom stereocenters. The largest absolute Gasteiger partial charge is 0.339 e. The van der Waals surface area contributed by atoms with E-state index < -0.39 is 0 Å². The molecule has 2 heterocycles. The third-order valence-electron chi connectivity index (χ3n) is 2.98. The van der Waals surface area contributed by atoms with Crippen LogP contribution in [0.25, 0.3) is 0 Å². The topological polar surface area (TPSA) is 51.0 Å². The summed E-state index contributed by atoms with van der Waals surface area (Å²) in [6, 6.07) is 0. The number of aromatic nitrogens is 2. The van der Waals surface area contributed by atoms with E-state index in [4.69, 9.17) is 4.52 Å². The average molecular weight is 223 g/mol. The fourth-order valence-corrected chi connectivity index (χ4v) is 2.00. The van der Waals surface area contributed by atoms with E-state index in [9.17, 15) is 0 Å². The van der Waals surface area contributed by atoms with Gasteiger partial charge in [0.15, 0.2) is 5.82 Å². The van der Waals surface area contributed by atoms with Crippen molar-refractivity contribution in [2.24, 2.45) is 5.92 Å². The summed E-state index contributed by atoms with van der Waals surface area (Å²) >= 11 is 0. The zero-order valence-electron chi connectivity index (χ0n) is 10.4. The monoisotopic (exact) mass is 223 g/mol. The Morgan fingerprint density at radius 3 is 2.81 bits per heavy atom. The standard InChI is InChI=1S/C12H21N3O/c1-12(2,3)11-14-10(15-16-11)7-9-5-4-6-13-8-9/h9,13H,4-8H2,1-3H3. The Morgan fingerprint density at radius 1 is 1.44 bits per heavy atom. The summed E-state index contributed by atoms with van der Waals surface area (Å²) < 4.78 is 5.29. The molecule has 1 aliphatic rings. The van der Waals surface area contributed by atoms with E-state index in [-0.39, 0.29) is 5.41 Å². The van der Waals surface area contributed by atoms with Gasteiger partial charge in [0.2, 0.25) is 5.89 Å². The molecule has 0 amide bonds. The normalized spacial score (nSPS) is 22.3. The molecule has 0 spiro atoms. The van der Waals surface area contributed by atoms with Crippen molar-refractivity contribution in [1.29, 1.82) is 0 Å². The van der Waals surface area contributed by atoms with Crippen molar-refractivity contribution in [1.82, 2.24) is 15.5 Å². The van der Waals surface area contributed by atoms with Crippen LogP contribution in [0.5, 0.6) is 0 Å². The van der Waals surface area contributed by atoms with Crippen molar-refractivity contribution in [2.45, 2.75) is 45.4 Å². The summed E-state index contributed by atoms with van der Waals surface area (Å²) in [5.41, 5.74) is -0.0456. The van der Waals surface area contributed by atoms with Crippen LogP contribution in [0.1, 0.15) is 45.3 Å². The van der Waals surface area contributed by atoms with E-state index in [0.29, 0.717) is 5.92 Å². The van der Waals surface area contributed by atoms with Gasteiger partial charge in [-0.25, -0.2) is 0 Å². The van der Waals surface area contributed by atoms with Crippen LogP contribution in [0, 0.1) is 5.92 Å². The lowest BCUT2D eigenvalue weighted by atomic mass is 9.95. The van der Waals surface area contributed by atoms with E-state index in [1.165, 1.54) is 12.8 Å². The van der Waals surface area contributed by atoms with Crippen molar-refractivity contribution in [3.8, 4) is 0 Å². The maximum atomic E-state index is 5.29. The number of rotatable bonds is 2. The fraction of sp³-hybridized carbons (Fsp3) is 0.833. The molecule has 4 nitrogen and oxygen atoms in total. The van der Waals surface area contributed by atoms with Crippen LogP contribution in [-0.2, 0) is 11.8 Å². The van der Waals surface area contributed by atoms with Crippen LogP contribution >= 0.6 is 0 Å². The van der Waals surface area contributed by atoms with Gasteiger partial charge in [0.25, 0.3) is 0 Å². The lowest BCUT2D eigenvalue weighted by Gasteiger charge is -2.21. The summed E-state index contributed by atoms with van der Waals surface area (Å²) in [4.78, 5) is 4.47. The minimum absolute atomic E-state index is 0.0456. The predicted molar refractivity (Wildman–Crippen MR) is 62.3 cm³/mol. The SMILES string of the molecule is CC(C)(C)c1nc(CC2CCCNC2)no1. The Labute approximate surface area is 96.8 Å². The quantitative estimate of drug-likeness (QED) is 0.832. The van der Waals surface area contributed by atoms with Crippen LogP contribution in [0.4, 0.5) is 0 Å². The van der Waals surface area contributed by atoms with Gasteiger partial charge < -0.3 is 9.84 Å². The Balaban J connectivity index is 1.97. The first kappa shape index (κ1) is 11.6. The Bertz CT molecular complexity index is 334. The van der Waals surface area contributed by atoms with Gasteiger partial charge in [-0.05, 0) is 31.8 Å². The second-order valence-corrected chi connectivity index (χ2v) is 5.68. The summed E-state index contributed by atoms with van der Waals surface area (Å²) in [6.45, 7) is 8.50. The smallest absolute Gasteiger partial charge is 0.232 e. The van der Waals surface area contributed by atoms with Gasteiger partial charge in [-0.2, -0.15) is 4.98 Å². The number of hydrogen-bond acceptors (Lipinski definition) is 4. The summed E-state index contributed by atoms with van der Waals surface area (Å²) in [6.07, 6.45) is 3.47. The fourth-order valence-electron chi connectivity index (χ4n) is 2.00. The van der Waals surface area contributed by atoms with Crippen LogP contribution in [0.15, 0.2) is 4.52 Å². The first-order valence-corrected chi connectivity index (χ1v) is 6.09. The highest BCUT2D eigenvalue weighted by atomic mass is 16.5. The van der Waals surface area contributed by atoms with Gasteiger partial charge in [0, 0.05) is 11.8 Å². The summed E-state index contributed by atoms with van der Waals surface area (Å²) in [5.74, 6) is 2.27. The lowest BCUT2D eigenvalue weighted by molar-refractivity contribution is 0.314. The van der Waals surface area contributed by atoms with Crippen molar-refractivity contribution < 1.29 is 4.52 Å². The molecule has 1 atom stereocenters. The Morgan fingerprint density at radius 2 is 2.25 bits per heavy atom. The van der Waals surface area contributed by atoms with E-state index in [2.05, 4.69) is 36.2 Å². The van der Waals surface area contributed by atoms with Gasteiger partial charge in [-0.1, -0.05) is 25.9 Å². The maximum Gasteiger partial charge on any atom is 0.232 e. The average Bonchev–Trinajstić information content (AvgIpc) is 2.67. The molecule has 4 heteroatoms. The number of hydrogen-bond donors (Lipinski definition) is 1. The molecule has 0 saturated carbocycles. The number of nitrogens with zero attached hydrogens (tertiary/aromatic N) is 2. The molecule has 1 saturated heterocycles. The zero-order chi connectivity index (χ0) is 11.6. The second kappa shape index (κ2) is 4.53. The molecule has 16 heavy (non-hydrogen) atoms. The molecular formula is C12H21N3O.